The number of hydrogen-bond donors (Lipinski definition) is 3. The maximum Gasteiger partial charge on any atom is 0.229 e. The lowest BCUT2D eigenvalue weighted by Gasteiger charge is -2.26. The van der Waals surface area contributed by atoms with E-state index in [9.17, 15) is 8.42 Å². The number of nitrogens with zero attached hydrogens (tertiary/aromatic N) is 2. The number of ether oxygens (including phenoxy) is 1. The van der Waals surface area contributed by atoms with Crippen LogP contribution in [0, 0.1) is 6.92 Å². The molecule has 0 aliphatic carbocycles. The molecule has 1 fully saturated rings. The van der Waals surface area contributed by atoms with E-state index in [0.29, 0.717) is 11.4 Å². The second-order valence-electron chi connectivity index (χ2n) is 9.50. The number of aromatic nitrogens is 2. The van der Waals surface area contributed by atoms with Gasteiger partial charge in [0.1, 0.15) is 10.8 Å². The van der Waals surface area contributed by atoms with Crippen LogP contribution < -0.4 is 20.7 Å². The fraction of sp³-hybridized carbons (Fsp3) is 0.429. The van der Waals surface area contributed by atoms with Gasteiger partial charge in [0.05, 0.1) is 33.8 Å². The molecular weight excluding hydrogens is 522 g/mol. The van der Waals surface area contributed by atoms with Crippen LogP contribution in [0.1, 0.15) is 64.4 Å². The average molecular weight is 563 g/mol. The Kier molecular flexibility index (Phi) is 6.88. The third kappa shape index (κ3) is 6.39. The van der Waals surface area contributed by atoms with Gasteiger partial charge < -0.3 is 20.7 Å². The number of hydrogen-bond acceptors (Lipinski definition) is 8. The Hall–Kier alpha value is -2.88. The zero-order valence-corrected chi connectivity index (χ0v) is 23.6. The number of rotatable bonds is 9. The molecule has 1 aliphatic heterocycles. The lowest BCUT2D eigenvalue weighted by Crippen LogP contribution is -2.27. The van der Waals surface area contributed by atoms with Gasteiger partial charge in [-0.3, -0.25) is 0 Å². The zero-order valence-electron chi connectivity index (χ0n) is 27.0. The molecule has 3 aromatic rings. The smallest absolute Gasteiger partial charge is 0.229 e. The van der Waals surface area contributed by atoms with Crippen LogP contribution in [-0.2, 0) is 9.84 Å². The molecule has 0 saturated carbocycles. The summed E-state index contributed by atoms with van der Waals surface area (Å²) in [6, 6.07) is 9.84. The molecule has 0 bridgehead atoms. The van der Waals surface area contributed by atoms with Gasteiger partial charge in [-0.25, -0.2) is 13.4 Å². The van der Waals surface area contributed by atoms with Gasteiger partial charge in [-0.1, -0.05) is 23.7 Å². The Morgan fingerprint density at radius 1 is 1.13 bits per heavy atom. The third-order valence-corrected chi connectivity index (χ3v) is 8.29. The SMILES string of the molecule is [2H]C1([2H])CC(c2cc(OC(C)C)c(Nc3ncc(Cl)c(Nc4ccccc4S(=O)(=O)C([2H])(C)C)n3)cc2C)CC([2H])([2H])N1. The normalized spacial score (nSPS) is 19.5. The molecule has 1 aliphatic rings. The Balaban J connectivity index is 1.69. The number of benzene rings is 2. The molecule has 0 atom stereocenters. The van der Waals surface area contributed by atoms with Gasteiger partial charge >= 0.3 is 0 Å². The van der Waals surface area contributed by atoms with Crippen molar-refractivity contribution in [1.29, 1.82) is 0 Å². The van der Waals surface area contributed by atoms with Gasteiger partial charge in [0.15, 0.2) is 15.7 Å². The molecule has 3 N–H and O–H groups in total. The minimum Gasteiger partial charge on any atom is -0.489 e. The Bertz CT molecular complexity index is 1600. The molecule has 1 aromatic heterocycles. The summed E-state index contributed by atoms with van der Waals surface area (Å²) in [7, 11) is -4.01. The van der Waals surface area contributed by atoms with Crippen LogP contribution in [0.15, 0.2) is 47.5 Å². The molecule has 0 unspecified atom stereocenters. The number of anilines is 4. The quantitative estimate of drug-likeness (QED) is 0.276. The molecule has 2 aromatic carbocycles. The number of halogens is 1. The molecule has 2 heterocycles. The van der Waals surface area contributed by atoms with E-state index in [4.69, 9.17) is 23.2 Å². The van der Waals surface area contributed by atoms with Crippen LogP contribution in [0.5, 0.6) is 5.75 Å². The first kappa shape index (κ1) is 22.0. The molecule has 38 heavy (non-hydrogen) atoms. The third-order valence-electron chi connectivity index (χ3n) is 6.00. The van der Waals surface area contributed by atoms with Crippen LogP contribution in [0.4, 0.5) is 23.1 Å². The van der Waals surface area contributed by atoms with Crippen molar-refractivity contribution in [3.8, 4) is 5.75 Å². The second-order valence-corrected chi connectivity index (χ2v) is 12.2. The Labute approximate surface area is 237 Å². The Morgan fingerprint density at radius 3 is 2.53 bits per heavy atom. The molecule has 1 saturated heterocycles. The van der Waals surface area contributed by atoms with Gasteiger partial charge in [0, 0.05) is 6.85 Å². The second kappa shape index (κ2) is 11.9. The van der Waals surface area contributed by atoms with Crippen LogP contribution in [-0.4, -0.2) is 42.7 Å². The van der Waals surface area contributed by atoms with Crippen LogP contribution in [0.3, 0.4) is 0 Å². The van der Waals surface area contributed by atoms with Crippen molar-refractivity contribution in [1.82, 2.24) is 15.3 Å². The van der Waals surface area contributed by atoms with E-state index in [-0.39, 0.29) is 52.2 Å². The lowest BCUT2D eigenvalue weighted by molar-refractivity contribution is 0.243. The van der Waals surface area contributed by atoms with Crippen LogP contribution in [0.25, 0.3) is 0 Å². The van der Waals surface area contributed by atoms with Crippen molar-refractivity contribution in [3.05, 3.63) is 58.7 Å². The Morgan fingerprint density at radius 2 is 1.84 bits per heavy atom. The van der Waals surface area contributed by atoms with E-state index in [0.717, 1.165) is 11.1 Å². The molecule has 0 spiro atoms. The van der Waals surface area contributed by atoms with Crippen molar-refractivity contribution in [2.75, 3.05) is 23.6 Å². The highest BCUT2D eigenvalue weighted by atomic mass is 35.5. The van der Waals surface area contributed by atoms with Crippen molar-refractivity contribution >= 4 is 44.6 Å². The lowest BCUT2D eigenvalue weighted by atomic mass is 9.87. The first-order chi connectivity index (χ1) is 19.8. The van der Waals surface area contributed by atoms with Gasteiger partial charge in [-0.2, -0.15) is 4.98 Å². The molecule has 4 rings (SSSR count). The highest BCUT2D eigenvalue weighted by Crippen LogP contribution is 2.37. The monoisotopic (exact) mass is 562 g/mol. The number of piperidine rings is 1. The molecule has 0 radical (unpaired) electrons. The van der Waals surface area contributed by atoms with Crippen molar-refractivity contribution in [2.24, 2.45) is 0 Å². The maximum atomic E-state index is 13.1. The van der Waals surface area contributed by atoms with E-state index in [2.05, 4.69) is 25.9 Å². The number of sulfone groups is 1. The molecule has 10 heteroatoms. The summed E-state index contributed by atoms with van der Waals surface area (Å²) in [5.74, 6) is 0.353. The first-order valence-corrected chi connectivity index (χ1v) is 14.1. The van der Waals surface area contributed by atoms with Crippen LogP contribution in [0.2, 0.25) is 5.02 Å². The van der Waals surface area contributed by atoms with E-state index in [1.807, 2.05) is 26.8 Å². The first-order valence-electron chi connectivity index (χ1n) is 14.8. The van der Waals surface area contributed by atoms with E-state index in [1.165, 1.54) is 26.1 Å². The number of para-hydroxylation sites is 1. The topological polar surface area (TPSA) is 105 Å². The molecule has 0 amide bonds. The molecule has 204 valence electrons. The van der Waals surface area contributed by atoms with Crippen molar-refractivity contribution < 1.29 is 20.0 Å². The maximum absolute atomic E-state index is 13.1. The molecule has 8 nitrogen and oxygen atoms in total. The van der Waals surface area contributed by atoms with Gasteiger partial charge in [-0.15, -0.1) is 0 Å². The largest absolute Gasteiger partial charge is 0.489 e. The van der Waals surface area contributed by atoms with Crippen molar-refractivity contribution in [3.63, 3.8) is 0 Å². The fourth-order valence-electron chi connectivity index (χ4n) is 4.08. The summed E-state index contributed by atoms with van der Waals surface area (Å²) >= 11 is 6.39. The highest BCUT2D eigenvalue weighted by molar-refractivity contribution is 7.92. The summed E-state index contributed by atoms with van der Waals surface area (Å²) in [4.78, 5) is 8.69. The standard InChI is InChI=1S/C28H36ClN5O3S/c1-17(2)37-25-15-21(20-10-12-30-13-11-20)19(5)14-24(25)33-28-31-16-22(29)27(34-28)32-23-8-6-7-9-26(23)38(35,36)18(3)4/h6-9,14-18,20,30H,10-13H2,1-5H3,(H2,31,32,33,34)/i12D2,13D2,18D. The fourth-order valence-corrected chi connectivity index (χ4v) is 5.33. The summed E-state index contributed by atoms with van der Waals surface area (Å²) < 4.78 is 73.1. The predicted molar refractivity (Wildman–Crippen MR) is 154 cm³/mol. The predicted octanol–water partition coefficient (Wildman–Crippen LogP) is 6.36. The molecular formula is C28H36ClN5O3S. The summed E-state index contributed by atoms with van der Waals surface area (Å²) in [6.45, 7) is 4.48. The van der Waals surface area contributed by atoms with Gasteiger partial charge in [0.25, 0.3) is 0 Å². The summed E-state index contributed by atoms with van der Waals surface area (Å²) in [6.07, 6.45) is 1.37. The van der Waals surface area contributed by atoms with Gasteiger partial charge in [0.2, 0.25) is 5.95 Å². The van der Waals surface area contributed by atoms with E-state index in [1.54, 1.807) is 24.3 Å². The minimum absolute atomic E-state index is 0.0651. The minimum atomic E-state index is -4.01. The zero-order chi connectivity index (χ0) is 32.0. The summed E-state index contributed by atoms with van der Waals surface area (Å²) in [5.41, 5.74) is 2.33. The van der Waals surface area contributed by atoms with Gasteiger partial charge in [-0.05, 0) is 102 Å². The number of aryl methyl sites for hydroxylation is 1. The van der Waals surface area contributed by atoms with E-state index < -0.39 is 28.1 Å². The average Bonchev–Trinajstić information content (AvgIpc) is 2.85. The van der Waals surface area contributed by atoms with Crippen molar-refractivity contribution in [2.45, 2.75) is 69.6 Å². The summed E-state index contributed by atoms with van der Waals surface area (Å²) in [5, 5.41) is 6.93. The highest BCUT2D eigenvalue weighted by Gasteiger charge is 2.24. The van der Waals surface area contributed by atoms with E-state index >= 15 is 0 Å². The number of nitrogens with one attached hydrogen (secondary N) is 3. The van der Waals surface area contributed by atoms with Crippen LogP contribution >= 0.6 is 11.6 Å².